The van der Waals surface area contributed by atoms with Gasteiger partial charge in [-0.1, -0.05) is 52.9 Å². The minimum atomic E-state index is -0.176. The molecule has 0 amide bonds. The van der Waals surface area contributed by atoms with Gasteiger partial charge in [-0.05, 0) is 31.1 Å². The lowest BCUT2D eigenvalue weighted by Crippen LogP contribution is -2.43. The summed E-state index contributed by atoms with van der Waals surface area (Å²) in [5.74, 6) is 1.74. The van der Waals surface area contributed by atoms with E-state index in [1.807, 2.05) is 0 Å². The molecule has 0 heterocycles. The molecule has 20 heavy (non-hydrogen) atoms. The van der Waals surface area contributed by atoms with E-state index in [1.54, 1.807) is 7.11 Å². The molecule has 0 aromatic rings. The van der Waals surface area contributed by atoms with Crippen molar-refractivity contribution in [2.24, 2.45) is 17.3 Å². The summed E-state index contributed by atoms with van der Waals surface area (Å²) < 4.78 is 5.41. The van der Waals surface area contributed by atoms with Crippen LogP contribution in [0.4, 0.5) is 0 Å². The van der Waals surface area contributed by atoms with Gasteiger partial charge >= 0.3 is 0 Å². The maximum Gasteiger partial charge on any atom is 0.141 e. The quantitative estimate of drug-likeness (QED) is 0.556. The van der Waals surface area contributed by atoms with Gasteiger partial charge in [0.1, 0.15) is 5.78 Å². The molecule has 118 valence electrons. The number of methoxy groups -OCH3 is 1. The molecule has 1 rings (SSSR count). The molecule has 0 spiro atoms. The number of ether oxygens (including phenoxy) is 1. The molecule has 0 N–H and O–H groups in total. The maximum atomic E-state index is 12.7. The SMILES string of the molecule is COCC1(C(=O)CCCCCC(C)C)CCCCC1C. The van der Waals surface area contributed by atoms with Gasteiger partial charge in [-0.2, -0.15) is 0 Å². The molecule has 2 atom stereocenters. The van der Waals surface area contributed by atoms with Crippen LogP contribution in [0.3, 0.4) is 0 Å². The molecular formula is C18H34O2. The number of carbonyl (C=O) groups excluding carboxylic acids is 1. The van der Waals surface area contributed by atoms with Gasteiger partial charge in [0.2, 0.25) is 0 Å². The summed E-state index contributed by atoms with van der Waals surface area (Å²) in [4.78, 5) is 12.7. The van der Waals surface area contributed by atoms with E-state index < -0.39 is 0 Å². The molecule has 0 radical (unpaired) electrons. The number of hydrogen-bond acceptors (Lipinski definition) is 2. The lowest BCUT2D eigenvalue weighted by atomic mass is 9.64. The zero-order valence-electron chi connectivity index (χ0n) is 14.0. The monoisotopic (exact) mass is 282 g/mol. The highest BCUT2D eigenvalue weighted by Crippen LogP contribution is 2.43. The van der Waals surface area contributed by atoms with Crippen molar-refractivity contribution in [2.45, 2.75) is 78.6 Å². The summed E-state index contributed by atoms with van der Waals surface area (Å²) >= 11 is 0. The standard InChI is InChI=1S/C18H34O2/c1-15(2)10-6-5-7-12-17(19)18(14-20-4)13-9-8-11-16(18)3/h15-16H,5-14H2,1-4H3. The lowest BCUT2D eigenvalue weighted by molar-refractivity contribution is -0.138. The van der Waals surface area contributed by atoms with Crippen molar-refractivity contribution < 1.29 is 9.53 Å². The van der Waals surface area contributed by atoms with Gasteiger partial charge in [-0.25, -0.2) is 0 Å². The van der Waals surface area contributed by atoms with Crippen LogP contribution in [0, 0.1) is 17.3 Å². The number of ketones is 1. The highest BCUT2D eigenvalue weighted by Gasteiger charge is 2.43. The number of carbonyl (C=O) groups is 1. The first-order chi connectivity index (χ1) is 9.53. The minimum absolute atomic E-state index is 0.176. The van der Waals surface area contributed by atoms with E-state index in [9.17, 15) is 4.79 Å². The summed E-state index contributed by atoms with van der Waals surface area (Å²) in [5, 5.41) is 0. The lowest BCUT2D eigenvalue weighted by Gasteiger charge is -2.41. The molecule has 0 bridgehead atoms. The Hall–Kier alpha value is -0.370. The fourth-order valence-corrected chi connectivity index (χ4v) is 3.64. The summed E-state index contributed by atoms with van der Waals surface area (Å²) in [6, 6.07) is 0. The van der Waals surface area contributed by atoms with Crippen LogP contribution in [0.25, 0.3) is 0 Å². The predicted molar refractivity (Wildman–Crippen MR) is 84.9 cm³/mol. The fourth-order valence-electron chi connectivity index (χ4n) is 3.64. The van der Waals surface area contributed by atoms with Gasteiger partial charge in [0.05, 0.1) is 12.0 Å². The molecular weight excluding hydrogens is 248 g/mol. The molecule has 0 aromatic carbocycles. The van der Waals surface area contributed by atoms with Crippen molar-refractivity contribution in [2.75, 3.05) is 13.7 Å². The van der Waals surface area contributed by atoms with E-state index >= 15 is 0 Å². The Morgan fingerprint density at radius 2 is 2.00 bits per heavy atom. The predicted octanol–water partition coefficient (Wildman–Crippen LogP) is 5.00. The Morgan fingerprint density at radius 3 is 2.60 bits per heavy atom. The van der Waals surface area contributed by atoms with Crippen LogP contribution < -0.4 is 0 Å². The van der Waals surface area contributed by atoms with E-state index in [4.69, 9.17) is 4.74 Å². The first kappa shape index (κ1) is 17.7. The molecule has 1 fully saturated rings. The second kappa shape index (κ2) is 8.81. The van der Waals surface area contributed by atoms with E-state index in [0.29, 0.717) is 18.3 Å². The van der Waals surface area contributed by atoms with Crippen LogP contribution in [0.15, 0.2) is 0 Å². The van der Waals surface area contributed by atoms with Crippen LogP contribution in [-0.2, 0) is 9.53 Å². The maximum absolute atomic E-state index is 12.7. The highest BCUT2D eigenvalue weighted by molar-refractivity contribution is 5.85. The molecule has 1 saturated carbocycles. The number of hydrogen-bond donors (Lipinski definition) is 0. The Kier molecular flexibility index (Phi) is 7.79. The van der Waals surface area contributed by atoms with Crippen molar-refractivity contribution in [1.82, 2.24) is 0 Å². The molecule has 0 saturated heterocycles. The summed E-state index contributed by atoms with van der Waals surface area (Å²) in [7, 11) is 1.74. The largest absolute Gasteiger partial charge is 0.384 e. The smallest absolute Gasteiger partial charge is 0.141 e. The molecule has 0 aliphatic heterocycles. The van der Waals surface area contributed by atoms with Crippen molar-refractivity contribution in [3.63, 3.8) is 0 Å². The molecule has 2 nitrogen and oxygen atoms in total. The third kappa shape index (κ3) is 4.87. The first-order valence-electron chi connectivity index (χ1n) is 8.55. The summed E-state index contributed by atoms with van der Waals surface area (Å²) in [6.07, 6.45) is 10.2. The summed E-state index contributed by atoms with van der Waals surface area (Å²) in [6.45, 7) is 7.40. The van der Waals surface area contributed by atoms with Crippen molar-refractivity contribution >= 4 is 5.78 Å². The van der Waals surface area contributed by atoms with Crippen LogP contribution in [0.1, 0.15) is 78.6 Å². The van der Waals surface area contributed by atoms with E-state index in [-0.39, 0.29) is 5.41 Å². The zero-order valence-corrected chi connectivity index (χ0v) is 14.0. The Morgan fingerprint density at radius 1 is 1.25 bits per heavy atom. The average molecular weight is 282 g/mol. The molecule has 1 aliphatic carbocycles. The summed E-state index contributed by atoms with van der Waals surface area (Å²) in [5.41, 5.74) is -0.176. The Labute approximate surface area is 125 Å². The van der Waals surface area contributed by atoms with E-state index in [1.165, 1.54) is 38.5 Å². The van der Waals surface area contributed by atoms with Crippen LogP contribution in [0.5, 0.6) is 0 Å². The topological polar surface area (TPSA) is 26.3 Å². The third-order valence-corrected chi connectivity index (χ3v) is 5.10. The van der Waals surface area contributed by atoms with Crippen molar-refractivity contribution in [3.05, 3.63) is 0 Å². The first-order valence-corrected chi connectivity index (χ1v) is 8.55. The number of unbranched alkanes of at least 4 members (excludes halogenated alkanes) is 2. The van der Waals surface area contributed by atoms with E-state index in [0.717, 1.165) is 25.2 Å². The van der Waals surface area contributed by atoms with Crippen LogP contribution in [-0.4, -0.2) is 19.5 Å². The Balaban J connectivity index is 2.44. The van der Waals surface area contributed by atoms with Gasteiger partial charge in [0.25, 0.3) is 0 Å². The molecule has 2 heteroatoms. The molecule has 1 aliphatic rings. The number of Topliss-reactive ketones (excluding diaryl/α,β-unsaturated/α-hetero) is 1. The second-order valence-corrected chi connectivity index (χ2v) is 7.15. The van der Waals surface area contributed by atoms with Gasteiger partial charge in [0.15, 0.2) is 0 Å². The van der Waals surface area contributed by atoms with Gasteiger partial charge in [-0.15, -0.1) is 0 Å². The molecule has 2 unspecified atom stereocenters. The van der Waals surface area contributed by atoms with Gasteiger partial charge in [-0.3, -0.25) is 4.79 Å². The van der Waals surface area contributed by atoms with Crippen molar-refractivity contribution in [3.8, 4) is 0 Å². The average Bonchev–Trinajstić information content (AvgIpc) is 2.40. The highest BCUT2D eigenvalue weighted by atomic mass is 16.5. The van der Waals surface area contributed by atoms with Crippen LogP contribution >= 0.6 is 0 Å². The minimum Gasteiger partial charge on any atom is -0.384 e. The van der Waals surface area contributed by atoms with E-state index in [2.05, 4.69) is 20.8 Å². The van der Waals surface area contributed by atoms with Crippen LogP contribution in [0.2, 0.25) is 0 Å². The third-order valence-electron chi connectivity index (χ3n) is 5.10. The number of rotatable bonds is 9. The normalized spacial score (nSPS) is 26.9. The second-order valence-electron chi connectivity index (χ2n) is 7.15. The Bertz CT molecular complexity index is 281. The fraction of sp³-hybridized carbons (Fsp3) is 0.944. The van der Waals surface area contributed by atoms with Gasteiger partial charge in [0, 0.05) is 13.5 Å². The zero-order chi connectivity index (χ0) is 15.0. The van der Waals surface area contributed by atoms with Gasteiger partial charge < -0.3 is 4.74 Å². The molecule has 0 aromatic heterocycles. The van der Waals surface area contributed by atoms with Crippen molar-refractivity contribution in [1.29, 1.82) is 0 Å².